The molecule has 0 unspecified atom stereocenters. The molecule has 1 aliphatic carbocycles. The number of hydrogen-bond donors (Lipinski definition) is 1. The smallest absolute Gasteiger partial charge is 0.242 e. The number of hydrogen-bond acceptors (Lipinski definition) is 2. The van der Waals surface area contributed by atoms with Gasteiger partial charge in [-0.25, -0.2) is 0 Å². The normalized spacial score (nSPS) is 21.7. The highest BCUT2D eigenvalue weighted by molar-refractivity contribution is 5.85. The first-order valence-corrected chi connectivity index (χ1v) is 4.07. The predicted molar refractivity (Wildman–Crippen MR) is 44.1 cm³/mol. The summed E-state index contributed by atoms with van der Waals surface area (Å²) in [5, 5.41) is 0. The molecule has 0 aromatic carbocycles. The number of carbonyl (C=O) groups is 1. The molecule has 64 valence electrons. The van der Waals surface area contributed by atoms with Crippen LogP contribution in [0.25, 0.3) is 0 Å². The zero-order chi connectivity index (χ0) is 8.48. The number of carbonyl (C=O) groups excluding carboxylic acids is 1. The zero-order valence-corrected chi connectivity index (χ0v) is 7.26. The Bertz CT molecular complexity index is 159. The van der Waals surface area contributed by atoms with Crippen LogP contribution >= 0.6 is 0 Å². The minimum atomic E-state index is -0.538. The lowest BCUT2D eigenvalue weighted by Crippen LogP contribution is -2.51. The highest BCUT2D eigenvalue weighted by Gasteiger charge is 2.37. The lowest BCUT2D eigenvalue weighted by atomic mass is 9.98. The Kier molecular flexibility index (Phi) is 2.18. The summed E-state index contributed by atoms with van der Waals surface area (Å²) in [5.41, 5.74) is 5.37. The van der Waals surface area contributed by atoms with Crippen molar-refractivity contribution in [2.24, 2.45) is 5.73 Å². The van der Waals surface area contributed by atoms with Gasteiger partial charge in [0.05, 0.1) is 5.54 Å². The van der Waals surface area contributed by atoms with Crippen LogP contribution in [0.2, 0.25) is 0 Å². The van der Waals surface area contributed by atoms with Gasteiger partial charge in [0.1, 0.15) is 0 Å². The topological polar surface area (TPSA) is 46.3 Å². The third kappa shape index (κ3) is 1.53. The van der Waals surface area contributed by atoms with Crippen molar-refractivity contribution < 1.29 is 4.79 Å². The van der Waals surface area contributed by atoms with E-state index in [2.05, 4.69) is 0 Å². The van der Waals surface area contributed by atoms with Crippen molar-refractivity contribution >= 4 is 5.91 Å². The molecule has 1 rings (SSSR count). The third-order valence-electron chi connectivity index (χ3n) is 2.33. The number of nitrogens with two attached hydrogens (primary N) is 1. The third-order valence-corrected chi connectivity index (χ3v) is 2.33. The molecule has 11 heavy (non-hydrogen) atoms. The van der Waals surface area contributed by atoms with Crippen molar-refractivity contribution in [1.82, 2.24) is 4.90 Å². The molecule has 0 bridgehead atoms. The maximum Gasteiger partial charge on any atom is 0.242 e. The van der Waals surface area contributed by atoms with Gasteiger partial charge in [-0.15, -0.1) is 0 Å². The Morgan fingerprint density at radius 1 is 1.36 bits per heavy atom. The van der Waals surface area contributed by atoms with E-state index in [1.807, 2.05) is 0 Å². The Labute approximate surface area is 67.5 Å². The minimum absolute atomic E-state index is 0.0787. The molecule has 1 aliphatic rings. The lowest BCUT2D eigenvalue weighted by molar-refractivity contribution is -0.134. The molecule has 0 saturated heterocycles. The molecule has 3 heteroatoms. The average Bonchev–Trinajstić information content (AvgIpc) is 2.35. The molecule has 0 aliphatic heterocycles. The Hall–Kier alpha value is -0.570. The summed E-state index contributed by atoms with van der Waals surface area (Å²) in [6, 6.07) is 0. The van der Waals surface area contributed by atoms with Gasteiger partial charge in [-0.2, -0.15) is 0 Å². The van der Waals surface area contributed by atoms with E-state index < -0.39 is 5.54 Å². The molecule has 0 radical (unpaired) electrons. The van der Waals surface area contributed by atoms with Crippen LogP contribution in [-0.4, -0.2) is 30.4 Å². The van der Waals surface area contributed by atoms with Gasteiger partial charge in [0.15, 0.2) is 0 Å². The molecule has 3 nitrogen and oxygen atoms in total. The van der Waals surface area contributed by atoms with E-state index >= 15 is 0 Å². The first kappa shape index (κ1) is 8.53. The highest BCUT2D eigenvalue weighted by Crippen LogP contribution is 2.28. The SMILES string of the molecule is CN(C)C(=O)C1(N)CCCC1. The van der Waals surface area contributed by atoms with E-state index in [4.69, 9.17) is 5.73 Å². The van der Waals surface area contributed by atoms with Crippen molar-refractivity contribution in [3.63, 3.8) is 0 Å². The predicted octanol–water partition coefficient (Wildman–Crippen LogP) is 0.346. The van der Waals surface area contributed by atoms with Crippen LogP contribution in [0.1, 0.15) is 25.7 Å². The first-order chi connectivity index (χ1) is 5.06. The van der Waals surface area contributed by atoms with E-state index in [0.717, 1.165) is 25.7 Å². The summed E-state index contributed by atoms with van der Waals surface area (Å²) in [4.78, 5) is 13.1. The minimum Gasteiger partial charge on any atom is -0.347 e. The highest BCUT2D eigenvalue weighted by atomic mass is 16.2. The molecule has 0 aromatic rings. The summed E-state index contributed by atoms with van der Waals surface area (Å²) < 4.78 is 0. The van der Waals surface area contributed by atoms with Crippen molar-refractivity contribution in [3.05, 3.63) is 0 Å². The molecule has 0 aromatic heterocycles. The number of amides is 1. The van der Waals surface area contributed by atoms with Gasteiger partial charge in [-0.1, -0.05) is 12.8 Å². The second kappa shape index (κ2) is 2.81. The summed E-state index contributed by atoms with van der Waals surface area (Å²) in [5.74, 6) is 0.0787. The van der Waals surface area contributed by atoms with Gasteiger partial charge in [0.2, 0.25) is 5.91 Å². The number of likely N-dealkylation sites (N-methyl/N-ethyl adjacent to an activating group) is 1. The van der Waals surface area contributed by atoms with E-state index in [9.17, 15) is 4.79 Å². The molecule has 1 saturated carbocycles. The summed E-state index contributed by atoms with van der Waals surface area (Å²) in [7, 11) is 3.52. The van der Waals surface area contributed by atoms with Crippen molar-refractivity contribution in [3.8, 4) is 0 Å². The Balaban J connectivity index is 2.64. The van der Waals surface area contributed by atoms with Gasteiger partial charge in [-0.3, -0.25) is 4.79 Å². The molecule has 0 heterocycles. The van der Waals surface area contributed by atoms with Crippen LogP contribution in [-0.2, 0) is 4.79 Å². The quantitative estimate of drug-likeness (QED) is 0.595. The number of rotatable bonds is 1. The van der Waals surface area contributed by atoms with E-state index in [0.29, 0.717) is 0 Å². The van der Waals surface area contributed by atoms with E-state index in [-0.39, 0.29) is 5.91 Å². The van der Waals surface area contributed by atoms with Crippen molar-refractivity contribution in [2.75, 3.05) is 14.1 Å². The zero-order valence-electron chi connectivity index (χ0n) is 7.26. The van der Waals surface area contributed by atoms with Gasteiger partial charge >= 0.3 is 0 Å². The Morgan fingerprint density at radius 2 is 1.82 bits per heavy atom. The Morgan fingerprint density at radius 3 is 2.18 bits per heavy atom. The van der Waals surface area contributed by atoms with Gasteiger partial charge in [-0.05, 0) is 12.8 Å². The van der Waals surface area contributed by atoms with Crippen molar-refractivity contribution in [2.45, 2.75) is 31.2 Å². The fourth-order valence-corrected chi connectivity index (χ4v) is 1.67. The van der Waals surface area contributed by atoms with Gasteiger partial charge in [0, 0.05) is 14.1 Å². The molecule has 1 fully saturated rings. The summed E-state index contributed by atoms with van der Waals surface area (Å²) in [6.45, 7) is 0. The molecule has 2 N–H and O–H groups in total. The standard InChI is InChI=1S/C8H16N2O/c1-10(2)7(11)8(9)5-3-4-6-8/h3-6,9H2,1-2H3. The van der Waals surface area contributed by atoms with Crippen LogP contribution in [0.4, 0.5) is 0 Å². The molecule has 1 amide bonds. The average molecular weight is 156 g/mol. The van der Waals surface area contributed by atoms with Crippen LogP contribution in [0, 0.1) is 0 Å². The second-order valence-corrected chi connectivity index (χ2v) is 3.56. The maximum absolute atomic E-state index is 11.5. The second-order valence-electron chi connectivity index (χ2n) is 3.56. The maximum atomic E-state index is 11.5. The first-order valence-electron chi connectivity index (χ1n) is 4.07. The van der Waals surface area contributed by atoms with Crippen molar-refractivity contribution in [1.29, 1.82) is 0 Å². The van der Waals surface area contributed by atoms with Crippen LogP contribution in [0.15, 0.2) is 0 Å². The van der Waals surface area contributed by atoms with Crippen LogP contribution < -0.4 is 5.73 Å². The lowest BCUT2D eigenvalue weighted by Gasteiger charge is -2.25. The van der Waals surface area contributed by atoms with Crippen LogP contribution in [0.5, 0.6) is 0 Å². The molecular formula is C8H16N2O. The monoisotopic (exact) mass is 156 g/mol. The molecule has 0 atom stereocenters. The summed E-state index contributed by atoms with van der Waals surface area (Å²) in [6.07, 6.45) is 3.89. The molecule has 0 spiro atoms. The number of nitrogens with zero attached hydrogens (tertiary/aromatic N) is 1. The van der Waals surface area contributed by atoms with E-state index in [1.54, 1.807) is 19.0 Å². The van der Waals surface area contributed by atoms with Crippen LogP contribution in [0.3, 0.4) is 0 Å². The molecular weight excluding hydrogens is 140 g/mol. The van der Waals surface area contributed by atoms with Gasteiger partial charge in [0.25, 0.3) is 0 Å². The summed E-state index contributed by atoms with van der Waals surface area (Å²) >= 11 is 0. The largest absolute Gasteiger partial charge is 0.347 e. The van der Waals surface area contributed by atoms with E-state index in [1.165, 1.54) is 0 Å². The van der Waals surface area contributed by atoms with Gasteiger partial charge < -0.3 is 10.6 Å². The fraction of sp³-hybridized carbons (Fsp3) is 0.875. The fourth-order valence-electron chi connectivity index (χ4n) is 1.67.